The highest BCUT2D eigenvalue weighted by Crippen LogP contribution is 2.14. The Hall–Kier alpha value is -1.97. The molecule has 0 aliphatic carbocycles. The predicted octanol–water partition coefficient (Wildman–Crippen LogP) is 7.50. The second kappa shape index (κ2) is 14.9. The van der Waals surface area contributed by atoms with Crippen LogP contribution in [0.25, 0.3) is 11.0 Å². The fourth-order valence-electron chi connectivity index (χ4n) is 3.68. The van der Waals surface area contributed by atoms with Gasteiger partial charge >= 0.3 is 0 Å². The number of hydrogen-bond donors (Lipinski definition) is 0. The van der Waals surface area contributed by atoms with Crippen LogP contribution in [0.4, 0.5) is 0 Å². The summed E-state index contributed by atoms with van der Waals surface area (Å²) in [5, 5.41) is 8.05. The zero-order valence-corrected chi connectivity index (χ0v) is 18.3. The van der Waals surface area contributed by atoms with Crippen molar-refractivity contribution in [3.05, 3.63) is 36.4 Å². The minimum Gasteiger partial charge on any atom is -0.273 e. The van der Waals surface area contributed by atoms with Crippen LogP contribution < -0.4 is 0 Å². The molecule has 1 aromatic carbocycles. The number of rotatable bonds is 16. The van der Waals surface area contributed by atoms with Gasteiger partial charge in [-0.2, -0.15) is 4.68 Å². The molecule has 2 aromatic rings. The molecule has 0 N–H and O–H groups in total. The molecule has 0 fully saturated rings. The molecule has 160 valence electrons. The first-order valence-electron chi connectivity index (χ1n) is 11.8. The third kappa shape index (κ3) is 9.38. The van der Waals surface area contributed by atoms with Gasteiger partial charge in [-0.25, -0.2) is 0 Å². The summed E-state index contributed by atoms with van der Waals surface area (Å²) in [7, 11) is 0. The van der Waals surface area contributed by atoms with Crippen LogP contribution in [-0.4, -0.2) is 20.9 Å². The molecule has 0 saturated heterocycles. The lowest BCUT2D eigenvalue weighted by molar-refractivity contribution is 0.0886. The van der Waals surface area contributed by atoms with E-state index in [1.54, 1.807) is 0 Å². The molecule has 0 spiro atoms. The van der Waals surface area contributed by atoms with Crippen LogP contribution in [0.5, 0.6) is 0 Å². The van der Waals surface area contributed by atoms with E-state index < -0.39 is 0 Å². The van der Waals surface area contributed by atoms with Crippen molar-refractivity contribution in [3.8, 4) is 0 Å². The number of hydrogen-bond acceptors (Lipinski definition) is 3. The van der Waals surface area contributed by atoms with E-state index in [4.69, 9.17) is 0 Å². The molecule has 0 unspecified atom stereocenters. The van der Waals surface area contributed by atoms with E-state index in [0.717, 1.165) is 23.9 Å². The van der Waals surface area contributed by atoms with Gasteiger partial charge in [0.25, 0.3) is 0 Å². The molecule has 1 heterocycles. The molecule has 0 aliphatic rings. The second-order valence-corrected chi connectivity index (χ2v) is 8.07. The summed E-state index contributed by atoms with van der Waals surface area (Å²) in [6.07, 6.45) is 23.1. The van der Waals surface area contributed by atoms with Crippen molar-refractivity contribution in [2.45, 2.75) is 103 Å². The normalized spacial score (nSPS) is 11.6. The van der Waals surface area contributed by atoms with E-state index in [1.807, 2.05) is 24.3 Å². The van der Waals surface area contributed by atoms with Gasteiger partial charge in [0.15, 0.2) is 0 Å². The van der Waals surface area contributed by atoms with Crippen molar-refractivity contribution in [1.29, 1.82) is 0 Å². The van der Waals surface area contributed by atoms with Gasteiger partial charge in [-0.15, -0.1) is 5.10 Å². The molecular weight excluding hydrogens is 358 g/mol. The van der Waals surface area contributed by atoms with Gasteiger partial charge in [0, 0.05) is 6.42 Å². The average molecular weight is 398 g/mol. The van der Waals surface area contributed by atoms with Crippen molar-refractivity contribution in [1.82, 2.24) is 15.0 Å². The number of benzene rings is 1. The van der Waals surface area contributed by atoms with Gasteiger partial charge in [0.2, 0.25) is 5.91 Å². The lowest BCUT2D eigenvalue weighted by Gasteiger charge is -2.03. The van der Waals surface area contributed by atoms with Gasteiger partial charge in [-0.05, 0) is 44.2 Å². The summed E-state index contributed by atoms with van der Waals surface area (Å²) in [6.45, 7) is 2.26. The molecule has 4 nitrogen and oxygen atoms in total. The highest BCUT2D eigenvalue weighted by atomic mass is 16.2. The number of allylic oxidation sites excluding steroid dienone is 2. The van der Waals surface area contributed by atoms with Gasteiger partial charge < -0.3 is 0 Å². The summed E-state index contributed by atoms with van der Waals surface area (Å²) < 4.78 is 1.45. The summed E-state index contributed by atoms with van der Waals surface area (Å²) >= 11 is 0. The van der Waals surface area contributed by atoms with E-state index in [9.17, 15) is 4.79 Å². The highest BCUT2D eigenvalue weighted by molar-refractivity contribution is 5.88. The largest absolute Gasteiger partial charge is 0.273 e. The van der Waals surface area contributed by atoms with Crippen LogP contribution in [0.1, 0.15) is 108 Å². The predicted molar refractivity (Wildman–Crippen MR) is 122 cm³/mol. The third-order valence-electron chi connectivity index (χ3n) is 5.49. The highest BCUT2D eigenvalue weighted by Gasteiger charge is 2.10. The maximum atomic E-state index is 12.3. The number of aromatic nitrogens is 3. The number of para-hydroxylation sites is 1. The summed E-state index contributed by atoms with van der Waals surface area (Å²) in [5.41, 5.74) is 1.59. The van der Waals surface area contributed by atoms with E-state index in [2.05, 4.69) is 29.4 Å². The van der Waals surface area contributed by atoms with Crippen LogP contribution in [0.15, 0.2) is 36.4 Å². The summed E-state index contributed by atoms with van der Waals surface area (Å²) in [5.74, 6) is 0.0538. The Bertz CT molecular complexity index is 720. The molecule has 29 heavy (non-hydrogen) atoms. The van der Waals surface area contributed by atoms with Crippen molar-refractivity contribution in [3.63, 3.8) is 0 Å². The molecule has 2 rings (SSSR count). The zero-order chi connectivity index (χ0) is 20.6. The van der Waals surface area contributed by atoms with Crippen molar-refractivity contribution >= 4 is 16.9 Å². The van der Waals surface area contributed by atoms with Gasteiger partial charge in [0.05, 0.1) is 5.52 Å². The Labute approximate surface area is 176 Å². The lowest BCUT2D eigenvalue weighted by Crippen LogP contribution is -2.12. The standard InChI is InChI=1S/C25H39N3O/c1-2-3-4-5-6-7-8-9-10-11-12-13-14-15-16-17-22-25(29)28-24-21-19-18-20-23(24)26-27-28/h6-7,18-21H,2-5,8-17,22H2,1H3/b7-6+. The third-order valence-corrected chi connectivity index (χ3v) is 5.49. The Morgan fingerprint density at radius 1 is 0.828 bits per heavy atom. The fraction of sp³-hybridized carbons (Fsp3) is 0.640. The van der Waals surface area contributed by atoms with Crippen LogP contribution >= 0.6 is 0 Å². The number of carbonyl (C=O) groups excluding carboxylic acids is 1. The molecule has 1 aromatic heterocycles. The molecule has 0 saturated carbocycles. The van der Waals surface area contributed by atoms with E-state index in [1.165, 1.54) is 81.7 Å². The maximum Gasteiger partial charge on any atom is 0.248 e. The number of unbranched alkanes of at least 4 members (excludes halogenated alkanes) is 12. The van der Waals surface area contributed by atoms with Gasteiger partial charge in [-0.3, -0.25) is 4.79 Å². The van der Waals surface area contributed by atoms with Crippen molar-refractivity contribution < 1.29 is 4.79 Å². The van der Waals surface area contributed by atoms with Crippen molar-refractivity contribution in [2.75, 3.05) is 0 Å². The first-order chi connectivity index (χ1) is 14.3. The minimum absolute atomic E-state index is 0.0538. The molecule has 4 heteroatoms. The van der Waals surface area contributed by atoms with E-state index >= 15 is 0 Å². The molecule has 0 bridgehead atoms. The Morgan fingerprint density at radius 2 is 1.41 bits per heavy atom. The first-order valence-corrected chi connectivity index (χ1v) is 11.8. The zero-order valence-electron chi connectivity index (χ0n) is 18.3. The maximum absolute atomic E-state index is 12.3. The minimum atomic E-state index is 0.0538. The fourth-order valence-corrected chi connectivity index (χ4v) is 3.68. The topological polar surface area (TPSA) is 47.8 Å². The van der Waals surface area contributed by atoms with Gasteiger partial charge in [-0.1, -0.05) is 94.2 Å². The van der Waals surface area contributed by atoms with Crippen LogP contribution in [-0.2, 0) is 0 Å². The number of carbonyl (C=O) groups is 1. The van der Waals surface area contributed by atoms with Gasteiger partial charge in [0.1, 0.15) is 5.52 Å². The smallest absolute Gasteiger partial charge is 0.248 e. The Balaban J connectivity index is 1.39. The quantitative estimate of drug-likeness (QED) is 0.218. The van der Waals surface area contributed by atoms with Crippen LogP contribution in [0.2, 0.25) is 0 Å². The number of fused-ring (bicyclic) bond motifs is 1. The molecule has 0 aliphatic heterocycles. The molecular formula is C25H39N3O. The Kier molecular flexibility index (Phi) is 12.0. The van der Waals surface area contributed by atoms with Crippen LogP contribution in [0.3, 0.4) is 0 Å². The summed E-state index contributed by atoms with van der Waals surface area (Å²) in [4.78, 5) is 12.3. The summed E-state index contributed by atoms with van der Waals surface area (Å²) in [6, 6.07) is 7.62. The molecule has 0 amide bonds. The van der Waals surface area contributed by atoms with E-state index in [0.29, 0.717) is 6.42 Å². The van der Waals surface area contributed by atoms with E-state index in [-0.39, 0.29) is 5.91 Å². The first kappa shape index (κ1) is 23.3. The monoisotopic (exact) mass is 397 g/mol. The lowest BCUT2D eigenvalue weighted by atomic mass is 10.1. The average Bonchev–Trinajstić information content (AvgIpc) is 3.17. The Morgan fingerprint density at radius 3 is 2.10 bits per heavy atom. The van der Waals surface area contributed by atoms with Crippen molar-refractivity contribution in [2.24, 2.45) is 0 Å². The molecule has 0 atom stereocenters. The van der Waals surface area contributed by atoms with Crippen LogP contribution in [0, 0.1) is 0 Å². The SMILES string of the molecule is CCCCC/C=C/CCCCCCCCCCCC(=O)n1nnc2ccccc21. The second-order valence-electron chi connectivity index (χ2n) is 8.07. The molecule has 0 radical (unpaired) electrons. The number of nitrogens with zero attached hydrogens (tertiary/aromatic N) is 3.